The van der Waals surface area contributed by atoms with Crippen molar-refractivity contribution in [3.05, 3.63) is 120 Å². The molecule has 1 heterocycles. The Kier molecular flexibility index (Phi) is 8.60. The number of amides is 1. The number of aromatic nitrogens is 2. The summed E-state index contributed by atoms with van der Waals surface area (Å²) in [6.45, 7) is 7.67. The zero-order chi connectivity index (χ0) is 27.9. The van der Waals surface area contributed by atoms with Crippen LogP contribution in [-0.2, 0) is 17.8 Å². The van der Waals surface area contributed by atoms with E-state index < -0.39 is 0 Å². The van der Waals surface area contributed by atoms with Crippen LogP contribution in [0.5, 0.6) is 5.75 Å². The molecule has 0 spiro atoms. The predicted molar refractivity (Wildman–Crippen MR) is 163 cm³/mol. The molecule has 0 aliphatic heterocycles. The summed E-state index contributed by atoms with van der Waals surface area (Å²) in [7, 11) is 0. The number of benzene rings is 4. The number of aryl methyl sites for hydroxylation is 3. The highest BCUT2D eigenvalue weighted by molar-refractivity contribution is 5.80. The Morgan fingerprint density at radius 1 is 0.875 bits per heavy atom. The second-order valence-corrected chi connectivity index (χ2v) is 10.5. The summed E-state index contributed by atoms with van der Waals surface area (Å²) >= 11 is 0. The molecule has 0 saturated heterocycles. The third-order valence-electron chi connectivity index (χ3n) is 7.24. The van der Waals surface area contributed by atoms with E-state index >= 15 is 0 Å². The van der Waals surface area contributed by atoms with Gasteiger partial charge in [0.05, 0.1) is 30.1 Å². The van der Waals surface area contributed by atoms with E-state index in [9.17, 15) is 4.79 Å². The molecule has 4 aromatic carbocycles. The third kappa shape index (κ3) is 6.60. The van der Waals surface area contributed by atoms with Crippen molar-refractivity contribution >= 4 is 16.9 Å². The molecule has 5 heteroatoms. The number of imidazole rings is 1. The number of nitrogens with zero attached hydrogens (tertiary/aromatic N) is 2. The van der Waals surface area contributed by atoms with Crippen molar-refractivity contribution in [3.63, 3.8) is 0 Å². The number of hydrogen-bond donors (Lipinski definition) is 1. The van der Waals surface area contributed by atoms with E-state index in [4.69, 9.17) is 9.72 Å². The molecule has 0 radical (unpaired) electrons. The largest absolute Gasteiger partial charge is 0.493 e. The van der Waals surface area contributed by atoms with Crippen molar-refractivity contribution in [1.29, 1.82) is 0 Å². The van der Waals surface area contributed by atoms with Gasteiger partial charge in [-0.1, -0.05) is 84.4 Å². The van der Waals surface area contributed by atoms with Crippen LogP contribution in [-0.4, -0.2) is 22.1 Å². The average Bonchev–Trinajstić information content (AvgIpc) is 3.33. The Morgan fingerprint density at radius 2 is 1.60 bits per heavy atom. The summed E-state index contributed by atoms with van der Waals surface area (Å²) in [5.41, 5.74) is 7.74. The van der Waals surface area contributed by atoms with E-state index in [2.05, 4.69) is 66.2 Å². The molecule has 204 valence electrons. The molecule has 0 aliphatic rings. The Bertz CT molecular complexity index is 1570. The molecular formula is C35H37N3O2. The van der Waals surface area contributed by atoms with Gasteiger partial charge >= 0.3 is 0 Å². The summed E-state index contributed by atoms with van der Waals surface area (Å²) in [4.78, 5) is 17.9. The fourth-order valence-electron chi connectivity index (χ4n) is 5.16. The number of carbonyl (C=O) groups excluding carboxylic acids is 1. The molecule has 1 aromatic heterocycles. The van der Waals surface area contributed by atoms with Crippen LogP contribution < -0.4 is 10.1 Å². The number of rotatable bonds is 11. The van der Waals surface area contributed by atoms with E-state index in [1.54, 1.807) is 0 Å². The number of ether oxygens (including phenoxy) is 1. The molecule has 0 fully saturated rings. The van der Waals surface area contributed by atoms with E-state index in [1.807, 2.05) is 61.5 Å². The molecule has 40 heavy (non-hydrogen) atoms. The Morgan fingerprint density at radius 3 is 2.38 bits per heavy atom. The Labute approximate surface area is 236 Å². The number of fused-ring (bicyclic) bond motifs is 1. The van der Waals surface area contributed by atoms with Crippen molar-refractivity contribution in [2.24, 2.45) is 0 Å². The minimum absolute atomic E-state index is 0.0135. The van der Waals surface area contributed by atoms with Gasteiger partial charge in [-0.2, -0.15) is 0 Å². The van der Waals surface area contributed by atoms with Gasteiger partial charge in [0.1, 0.15) is 11.6 Å². The first-order valence-electron chi connectivity index (χ1n) is 14.1. The van der Waals surface area contributed by atoms with Gasteiger partial charge in [-0.15, -0.1) is 0 Å². The smallest absolute Gasteiger partial charge is 0.224 e. The van der Waals surface area contributed by atoms with Gasteiger partial charge in [-0.25, -0.2) is 4.98 Å². The zero-order valence-electron chi connectivity index (χ0n) is 23.6. The van der Waals surface area contributed by atoms with E-state index in [0.717, 1.165) is 53.1 Å². The standard InChI is InChI=1S/C35H37N3O2/c1-25-15-20-33(26(2)23-25)40-22-10-9-21-38-32-14-8-7-13-31(32)37-35(38)27(3)36-34(39)24-28-16-18-30(19-17-28)29-11-5-4-6-12-29/h4-8,11-20,23,27H,9-10,21-22,24H2,1-3H3,(H,36,39). The van der Waals surface area contributed by atoms with Gasteiger partial charge in [-0.3, -0.25) is 4.79 Å². The molecule has 1 atom stereocenters. The van der Waals surface area contributed by atoms with Gasteiger partial charge in [0, 0.05) is 6.54 Å². The van der Waals surface area contributed by atoms with Gasteiger partial charge in [0.25, 0.3) is 0 Å². The fraction of sp³-hybridized carbons (Fsp3) is 0.257. The minimum Gasteiger partial charge on any atom is -0.493 e. The lowest BCUT2D eigenvalue weighted by Gasteiger charge is -2.17. The van der Waals surface area contributed by atoms with Crippen molar-refractivity contribution in [2.45, 2.75) is 52.6 Å². The lowest BCUT2D eigenvalue weighted by atomic mass is 10.0. The molecule has 1 unspecified atom stereocenters. The third-order valence-corrected chi connectivity index (χ3v) is 7.24. The molecule has 1 N–H and O–H groups in total. The molecule has 0 aliphatic carbocycles. The highest BCUT2D eigenvalue weighted by Gasteiger charge is 2.18. The summed E-state index contributed by atoms with van der Waals surface area (Å²) < 4.78 is 8.28. The van der Waals surface area contributed by atoms with Gasteiger partial charge in [0.15, 0.2) is 0 Å². The lowest BCUT2D eigenvalue weighted by molar-refractivity contribution is -0.121. The van der Waals surface area contributed by atoms with Crippen LogP contribution in [0.15, 0.2) is 97.1 Å². The molecule has 0 bridgehead atoms. The van der Waals surface area contributed by atoms with Crippen LogP contribution in [0.25, 0.3) is 22.2 Å². The quantitative estimate of drug-likeness (QED) is 0.179. The predicted octanol–water partition coefficient (Wildman–Crippen LogP) is 7.60. The van der Waals surface area contributed by atoms with E-state index in [1.165, 1.54) is 16.7 Å². The minimum atomic E-state index is -0.213. The summed E-state index contributed by atoms with van der Waals surface area (Å²) in [5, 5.41) is 3.18. The number of nitrogens with one attached hydrogen (secondary N) is 1. The van der Waals surface area contributed by atoms with Crippen LogP contribution in [0.1, 0.15) is 48.3 Å². The number of para-hydroxylation sites is 2. The van der Waals surface area contributed by atoms with Crippen molar-refractivity contribution < 1.29 is 9.53 Å². The van der Waals surface area contributed by atoms with Crippen LogP contribution in [0.3, 0.4) is 0 Å². The number of hydrogen-bond acceptors (Lipinski definition) is 3. The van der Waals surface area contributed by atoms with Crippen LogP contribution in [0.4, 0.5) is 0 Å². The SMILES string of the molecule is Cc1ccc(OCCCCn2c(C(C)NC(=O)Cc3ccc(-c4ccccc4)cc3)nc3ccccc32)c(C)c1. The summed E-state index contributed by atoms with van der Waals surface area (Å²) in [6.07, 6.45) is 2.21. The monoisotopic (exact) mass is 531 g/mol. The molecule has 5 nitrogen and oxygen atoms in total. The van der Waals surface area contributed by atoms with Gasteiger partial charge in [-0.05, 0) is 74.1 Å². The van der Waals surface area contributed by atoms with E-state index in [0.29, 0.717) is 13.0 Å². The maximum atomic E-state index is 13.0. The van der Waals surface area contributed by atoms with Crippen molar-refractivity contribution in [1.82, 2.24) is 14.9 Å². The fourth-order valence-corrected chi connectivity index (χ4v) is 5.16. The van der Waals surface area contributed by atoms with E-state index in [-0.39, 0.29) is 11.9 Å². The molecular weight excluding hydrogens is 494 g/mol. The first kappa shape index (κ1) is 27.2. The first-order chi connectivity index (χ1) is 19.5. The average molecular weight is 532 g/mol. The van der Waals surface area contributed by atoms with Crippen LogP contribution in [0, 0.1) is 13.8 Å². The zero-order valence-corrected chi connectivity index (χ0v) is 23.6. The Balaban J connectivity index is 1.20. The first-order valence-corrected chi connectivity index (χ1v) is 14.1. The topological polar surface area (TPSA) is 56.1 Å². The van der Waals surface area contributed by atoms with Crippen LogP contribution >= 0.6 is 0 Å². The summed E-state index contributed by atoms with van der Waals surface area (Å²) in [6, 6.07) is 32.7. The van der Waals surface area contributed by atoms with Crippen LogP contribution in [0.2, 0.25) is 0 Å². The second-order valence-electron chi connectivity index (χ2n) is 10.5. The highest BCUT2D eigenvalue weighted by Crippen LogP contribution is 2.23. The van der Waals surface area contributed by atoms with Crippen molar-refractivity contribution in [3.8, 4) is 16.9 Å². The lowest BCUT2D eigenvalue weighted by Crippen LogP contribution is -2.30. The second kappa shape index (κ2) is 12.6. The molecule has 0 saturated carbocycles. The summed E-state index contributed by atoms with van der Waals surface area (Å²) in [5.74, 6) is 1.81. The Hall–Kier alpha value is -4.38. The normalized spacial score (nSPS) is 11.9. The molecule has 1 amide bonds. The molecule has 5 rings (SSSR count). The van der Waals surface area contributed by atoms with Crippen molar-refractivity contribution in [2.75, 3.05) is 6.61 Å². The maximum Gasteiger partial charge on any atom is 0.224 e. The molecule has 5 aromatic rings. The number of unbranched alkanes of at least 4 members (excludes halogenated alkanes) is 1. The van der Waals surface area contributed by atoms with Gasteiger partial charge < -0.3 is 14.6 Å². The maximum absolute atomic E-state index is 13.0. The number of carbonyl (C=O) groups is 1. The van der Waals surface area contributed by atoms with Gasteiger partial charge in [0.2, 0.25) is 5.91 Å². The highest BCUT2D eigenvalue weighted by atomic mass is 16.5.